The van der Waals surface area contributed by atoms with Crippen molar-refractivity contribution in [2.45, 2.75) is 52.4 Å². The van der Waals surface area contributed by atoms with Crippen LogP contribution in [0.25, 0.3) is 22.3 Å². The number of aryl methyl sites for hydroxylation is 2. The summed E-state index contributed by atoms with van der Waals surface area (Å²) in [5.74, 6) is 0. The average Bonchev–Trinajstić information content (AvgIpc) is 2.91. The summed E-state index contributed by atoms with van der Waals surface area (Å²) in [6.07, 6.45) is 7.34. The lowest BCUT2D eigenvalue weighted by Gasteiger charge is -2.20. The predicted octanol–water partition coefficient (Wildman–Crippen LogP) is 9.47. The molecule has 0 N–H and O–H groups in total. The van der Waals surface area contributed by atoms with E-state index in [0.717, 1.165) is 0 Å². The molecule has 0 fully saturated rings. The second-order valence-electron chi connectivity index (χ2n) is 9.25. The molecule has 0 amide bonds. The molecule has 0 unspecified atom stereocenters. The zero-order chi connectivity index (χ0) is 23.8. The third-order valence-electron chi connectivity index (χ3n) is 6.72. The number of unbranched alkanes of at least 4 members (excludes halogenated alkanes) is 2. The van der Waals surface area contributed by atoms with Gasteiger partial charge in [-0.3, -0.25) is 0 Å². The van der Waals surface area contributed by atoms with Crippen molar-refractivity contribution < 1.29 is 0 Å². The molecule has 1 nitrogen and oxygen atoms in total. The van der Waals surface area contributed by atoms with Crippen LogP contribution in [-0.2, 0) is 12.8 Å². The second kappa shape index (κ2) is 11.7. The summed E-state index contributed by atoms with van der Waals surface area (Å²) in [4.78, 5) is 2.25. The molecular formula is C33H37N. The number of anilines is 2. The van der Waals surface area contributed by atoms with E-state index in [4.69, 9.17) is 0 Å². The largest absolute Gasteiger partial charge is 0.345 e. The van der Waals surface area contributed by atoms with Crippen LogP contribution >= 0.6 is 0 Å². The van der Waals surface area contributed by atoms with Crippen molar-refractivity contribution in [1.29, 1.82) is 0 Å². The zero-order valence-corrected chi connectivity index (χ0v) is 20.9. The van der Waals surface area contributed by atoms with Crippen molar-refractivity contribution in [3.8, 4) is 22.3 Å². The molecule has 0 bridgehead atoms. The highest BCUT2D eigenvalue weighted by Crippen LogP contribution is 2.29. The Labute approximate surface area is 206 Å². The fourth-order valence-corrected chi connectivity index (χ4v) is 4.39. The lowest BCUT2D eigenvalue weighted by Crippen LogP contribution is -2.08. The van der Waals surface area contributed by atoms with Crippen LogP contribution in [-0.4, -0.2) is 7.05 Å². The van der Waals surface area contributed by atoms with Crippen LogP contribution < -0.4 is 4.90 Å². The molecule has 34 heavy (non-hydrogen) atoms. The molecule has 0 aliphatic rings. The van der Waals surface area contributed by atoms with E-state index >= 15 is 0 Å². The molecule has 0 saturated carbocycles. The molecule has 4 rings (SSSR count). The van der Waals surface area contributed by atoms with Gasteiger partial charge in [0.2, 0.25) is 0 Å². The van der Waals surface area contributed by atoms with E-state index < -0.39 is 0 Å². The van der Waals surface area contributed by atoms with Gasteiger partial charge in [0.1, 0.15) is 0 Å². The van der Waals surface area contributed by atoms with Gasteiger partial charge in [-0.2, -0.15) is 0 Å². The van der Waals surface area contributed by atoms with Gasteiger partial charge < -0.3 is 4.90 Å². The first-order chi connectivity index (χ1) is 16.7. The maximum atomic E-state index is 2.27. The molecule has 0 radical (unpaired) electrons. The van der Waals surface area contributed by atoms with E-state index in [1.807, 2.05) is 0 Å². The topological polar surface area (TPSA) is 3.24 Å². The molecule has 174 valence electrons. The summed E-state index contributed by atoms with van der Waals surface area (Å²) < 4.78 is 0. The van der Waals surface area contributed by atoms with Crippen molar-refractivity contribution >= 4 is 11.4 Å². The highest BCUT2D eigenvalue weighted by molar-refractivity contribution is 5.72. The minimum Gasteiger partial charge on any atom is -0.345 e. The van der Waals surface area contributed by atoms with Crippen LogP contribution in [0.2, 0.25) is 0 Å². The normalized spacial score (nSPS) is 10.9. The summed E-state index contributed by atoms with van der Waals surface area (Å²) in [6.45, 7) is 4.49. The van der Waals surface area contributed by atoms with Gasteiger partial charge in [-0.25, -0.2) is 0 Å². The molecule has 0 aliphatic heterocycles. The SMILES string of the molecule is CCCCc1ccc(-c2ccc(N(C)c3ccc(-c4ccc(CCCC)cc4)cc3)cc2)cc1. The summed E-state index contributed by atoms with van der Waals surface area (Å²) >= 11 is 0. The van der Waals surface area contributed by atoms with Gasteiger partial charge in [0, 0.05) is 18.4 Å². The lowest BCUT2D eigenvalue weighted by molar-refractivity contribution is 0.795. The molecule has 0 heterocycles. The molecule has 0 atom stereocenters. The van der Waals surface area contributed by atoms with Gasteiger partial charge in [0.25, 0.3) is 0 Å². The van der Waals surface area contributed by atoms with E-state index in [9.17, 15) is 0 Å². The van der Waals surface area contributed by atoms with Crippen molar-refractivity contribution in [1.82, 2.24) is 0 Å². The molecular weight excluding hydrogens is 410 g/mol. The van der Waals surface area contributed by atoms with E-state index in [-0.39, 0.29) is 0 Å². The summed E-state index contributed by atoms with van der Waals surface area (Å²) in [6, 6.07) is 35.8. The van der Waals surface area contributed by atoms with Crippen molar-refractivity contribution in [3.05, 3.63) is 108 Å². The smallest absolute Gasteiger partial charge is 0.0408 e. The Kier molecular flexibility index (Phi) is 8.20. The summed E-state index contributed by atoms with van der Waals surface area (Å²) in [7, 11) is 2.13. The number of hydrogen-bond acceptors (Lipinski definition) is 1. The third kappa shape index (κ3) is 5.97. The lowest BCUT2D eigenvalue weighted by atomic mass is 10.0. The Morgan fingerprint density at radius 3 is 1.03 bits per heavy atom. The zero-order valence-electron chi connectivity index (χ0n) is 20.9. The van der Waals surface area contributed by atoms with E-state index in [1.165, 1.54) is 83.3 Å². The Balaban J connectivity index is 1.42. The molecule has 4 aromatic rings. The minimum absolute atomic E-state index is 1.17. The van der Waals surface area contributed by atoms with Gasteiger partial charge in [-0.15, -0.1) is 0 Å². The predicted molar refractivity (Wildman–Crippen MR) is 149 cm³/mol. The molecule has 0 spiro atoms. The molecule has 0 saturated heterocycles. The maximum Gasteiger partial charge on any atom is 0.0408 e. The highest BCUT2D eigenvalue weighted by Gasteiger charge is 2.06. The minimum atomic E-state index is 1.17. The van der Waals surface area contributed by atoms with Crippen molar-refractivity contribution in [3.63, 3.8) is 0 Å². The van der Waals surface area contributed by atoms with Crippen molar-refractivity contribution in [2.75, 3.05) is 11.9 Å². The second-order valence-corrected chi connectivity index (χ2v) is 9.25. The fourth-order valence-electron chi connectivity index (χ4n) is 4.39. The Hall–Kier alpha value is -3.32. The van der Waals surface area contributed by atoms with Crippen LogP contribution in [0.5, 0.6) is 0 Å². The first-order valence-corrected chi connectivity index (χ1v) is 12.8. The third-order valence-corrected chi connectivity index (χ3v) is 6.72. The van der Waals surface area contributed by atoms with Crippen molar-refractivity contribution in [2.24, 2.45) is 0 Å². The highest BCUT2D eigenvalue weighted by atomic mass is 15.1. The number of rotatable bonds is 10. The molecule has 1 heteroatoms. The number of hydrogen-bond donors (Lipinski definition) is 0. The van der Waals surface area contributed by atoms with Gasteiger partial charge in [-0.05, 0) is 83.3 Å². The van der Waals surface area contributed by atoms with E-state index in [0.29, 0.717) is 0 Å². The maximum absolute atomic E-state index is 2.27. The first-order valence-electron chi connectivity index (χ1n) is 12.8. The van der Waals surface area contributed by atoms with Gasteiger partial charge in [-0.1, -0.05) is 99.5 Å². The van der Waals surface area contributed by atoms with Crippen LogP contribution in [0.4, 0.5) is 11.4 Å². The van der Waals surface area contributed by atoms with Crippen LogP contribution in [0.1, 0.15) is 50.7 Å². The van der Waals surface area contributed by atoms with Gasteiger partial charge >= 0.3 is 0 Å². The van der Waals surface area contributed by atoms with E-state index in [2.05, 4.69) is 123 Å². The average molecular weight is 448 g/mol. The van der Waals surface area contributed by atoms with Crippen LogP contribution in [0.15, 0.2) is 97.1 Å². The van der Waals surface area contributed by atoms with Crippen LogP contribution in [0, 0.1) is 0 Å². The Bertz CT molecular complexity index is 1040. The quantitative estimate of drug-likeness (QED) is 0.234. The Morgan fingerprint density at radius 2 is 0.735 bits per heavy atom. The molecule has 0 aliphatic carbocycles. The standard InChI is InChI=1S/C33H37N/c1-4-6-8-26-10-14-28(15-11-26)30-18-22-32(23-19-30)34(3)33-24-20-31(21-25-33)29-16-12-27(13-17-29)9-7-5-2/h10-25H,4-9H2,1-3H3. The Morgan fingerprint density at radius 1 is 0.441 bits per heavy atom. The van der Waals surface area contributed by atoms with Gasteiger partial charge in [0.15, 0.2) is 0 Å². The summed E-state index contributed by atoms with van der Waals surface area (Å²) in [5, 5.41) is 0. The van der Waals surface area contributed by atoms with Gasteiger partial charge in [0.05, 0.1) is 0 Å². The first kappa shape index (κ1) is 23.8. The molecule has 0 aromatic heterocycles. The van der Waals surface area contributed by atoms with E-state index in [1.54, 1.807) is 0 Å². The summed E-state index contributed by atoms with van der Waals surface area (Å²) in [5.41, 5.74) is 10.3. The number of benzene rings is 4. The monoisotopic (exact) mass is 447 g/mol. The molecule has 4 aromatic carbocycles. The van der Waals surface area contributed by atoms with Crippen LogP contribution in [0.3, 0.4) is 0 Å². The number of nitrogens with zero attached hydrogens (tertiary/aromatic N) is 1. The fraction of sp³-hybridized carbons (Fsp3) is 0.273.